The Morgan fingerprint density at radius 2 is 1.25 bits per heavy atom. The quantitative estimate of drug-likeness (QED) is 0.361. The average Bonchev–Trinajstić information content (AvgIpc) is 3.88. The van der Waals surface area contributed by atoms with E-state index in [-0.39, 0.29) is 29.5 Å². The number of carbonyl (C=O) groups excluding carboxylic acids is 2. The number of nitrogens with zero attached hydrogens (tertiary/aromatic N) is 4. The van der Waals surface area contributed by atoms with Crippen molar-refractivity contribution in [1.82, 2.24) is 9.97 Å². The van der Waals surface area contributed by atoms with E-state index in [0.29, 0.717) is 5.92 Å². The van der Waals surface area contributed by atoms with Crippen LogP contribution in [0.5, 0.6) is 0 Å². The number of piperidine rings is 2. The van der Waals surface area contributed by atoms with Gasteiger partial charge in [0.1, 0.15) is 0 Å². The first kappa shape index (κ1) is 30.3. The maximum atomic E-state index is 11.2. The summed E-state index contributed by atoms with van der Waals surface area (Å²) in [4.78, 5) is 35.1. The van der Waals surface area contributed by atoms with Crippen LogP contribution in [-0.4, -0.2) is 65.1 Å². The van der Waals surface area contributed by atoms with Crippen LogP contribution in [0.25, 0.3) is 0 Å². The van der Waals surface area contributed by atoms with E-state index in [0.717, 1.165) is 74.9 Å². The van der Waals surface area contributed by atoms with Crippen LogP contribution in [0.4, 0.5) is 11.4 Å². The van der Waals surface area contributed by atoms with E-state index < -0.39 is 7.12 Å². The van der Waals surface area contributed by atoms with Crippen molar-refractivity contribution < 1.29 is 19.6 Å². The Morgan fingerprint density at radius 1 is 0.775 bits per heavy atom. The van der Waals surface area contributed by atoms with Crippen molar-refractivity contribution in [3.05, 3.63) is 47.0 Å². The van der Waals surface area contributed by atoms with Crippen LogP contribution < -0.4 is 21.3 Å². The van der Waals surface area contributed by atoms with E-state index in [1.54, 1.807) is 12.4 Å². The molecule has 0 bridgehead atoms. The van der Waals surface area contributed by atoms with Gasteiger partial charge in [-0.15, -0.1) is 0 Å². The molecule has 12 heteroatoms. The Balaban J connectivity index is 0.000000154. The number of aromatic nitrogens is 2. The number of rotatable bonds is 6. The highest BCUT2D eigenvalue weighted by Crippen LogP contribution is 2.44. The molecule has 2 saturated heterocycles. The van der Waals surface area contributed by atoms with Crippen LogP contribution in [0.1, 0.15) is 62.8 Å². The fourth-order valence-corrected chi connectivity index (χ4v) is 5.73. The molecule has 0 aromatic carbocycles. The van der Waals surface area contributed by atoms with Gasteiger partial charge in [-0.3, -0.25) is 19.6 Å². The van der Waals surface area contributed by atoms with E-state index in [1.807, 2.05) is 18.5 Å². The summed E-state index contributed by atoms with van der Waals surface area (Å²) in [6.07, 6.45) is 15.4. The second kappa shape index (κ2) is 14.3. The van der Waals surface area contributed by atoms with Crippen LogP contribution in [-0.2, 0) is 9.59 Å². The number of hydrogen-bond acceptors (Lipinski definition) is 8. The fourth-order valence-electron chi connectivity index (χ4n) is 5.22. The summed E-state index contributed by atoms with van der Waals surface area (Å²) in [6, 6.07) is 4.09. The number of hydrogen-bond donors (Lipinski definition) is 4. The van der Waals surface area contributed by atoms with Gasteiger partial charge in [0, 0.05) is 68.5 Å². The third-order valence-electron chi connectivity index (χ3n) is 8.12. The number of nitrogens with two attached hydrogens (primary N) is 2. The predicted octanol–water partition coefficient (Wildman–Crippen LogP) is 2.83. The number of amides is 2. The summed E-state index contributed by atoms with van der Waals surface area (Å²) in [5.41, 5.74) is 14.5. The molecule has 4 heterocycles. The highest BCUT2D eigenvalue weighted by Gasteiger charge is 2.33. The molecule has 216 valence electrons. The van der Waals surface area contributed by atoms with Gasteiger partial charge >= 0.3 is 7.12 Å². The molecule has 0 atom stereocenters. The van der Waals surface area contributed by atoms with Gasteiger partial charge in [-0.2, -0.15) is 0 Å². The predicted molar refractivity (Wildman–Crippen MR) is 160 cm³/mol. The smallest absolute Gasteiger partial charge is 0.427 e. The minimum atomic E-state index is -1.04. The molecular formula is C28H40BBrN6O4. The highest BCUT2D eigenvalue weighted by molar-refractivity contribution is 9.10. The van der Waals surface area contributed by atoms with Crippen LogP contribution in [0, 0.1) is 11.8 Å². The maximum Gasteiger partial charge on any atom is 0.454 e. The summed E-state index contributed by atoms with van der Waals surface area (Å²) in [5, 5.41) is 16.5. The zero-order valence-electron chi connectivity index (χ0n) is 22.9. The van der Waals surface area contributed by atoms with Crippen LogP contribution in [0.2, 0.25) is 5.82 Å². The lowest BCUT2D eigenvalue weighted by Gasteiger charge is -2.33. The zero-order chi connectivity index (χ0) is 28.6. The summed E-state index contributed by atoms with van der Waals surface area (Å²) >= 11 is 3.48. The van der Waals surface area contributed by atoms with Crippen LogP contribution >= 0.6 is 15.9 Å². The first-order chi connectivity index (χ1) is 19.2. The molecule has 2 aromatic rings. The number of pyridine rings is 2. The second-order valence-corrected chi connectivity index (χ2v) is 12.0. The first-order valence-corrected chi connectivity index (χ1v) is 15.0. The van der Waals surface area contributed by atoms with Gasteiger partial charge in [0.25, 0.3) is 0 Å². The monoisotopic (exact) mass is 614 g/mol. The molecule has 2 aliphatic carbocycles. The Morgan fingerprint density at radius 3 is 1.65 bits per heavy atom. The number of carbonyl (C=O) groups is 2. The first-order valence-electron chi connectivity index (χ1n) is 14.2. The third kappa shape index (κ3) is 8.65. The minimum Gasteiger partial charge on any atom is -0.427 e. The molecule has 6 N–H and O–H groups in total. The van der Waals surface area contributed by atoms with E-state index in [9.17, 15) is 9.59 Å². The van der Waals surface area contributed by atoms with Crippen molar-refractivity contribution >= 4 is 46.2 Å². The van der Waals surface area contributed by atoms with Gasteiger partial charge in [0.2, 0.25) is 11.8 Å². The Labute approximate surface area is 244 Å². The van der Waals surface area contributed by atoms with E-state index in [1.165, 1.54) is 24.1 Å². The number of primary amides is 2. The molecular weight excluding hydrogens is 575 g/mol. The topological polar surface area (TPSA) is 159 Å². The summed E-state index contributed by atoms with van der Waals surface area (Å²) in [5.74, 6) is 0.706. The van der Waals surface area contributed by atoms with E-state index in [4.69, 9.17) is 21.5 Å². The van der Waals surface area contributed by atoms with Crippen LogP contribution in [0.15, 0.2) is 41.4 Å². The Hall–Kier alpha value is -2.70. The Bertz CT molecular complexity index is 1130. The summed E-state index contributed by atoms with van der Waals surface area (Å²) < 4.78 is 0.993. The second-order valence-electron chi connectivity index (χ2n) is 11.1. The molecule has 4 fully saturated rings. The minimum absolute atomic E-state index is 0.0388. The Kier molecular flexibility index (Phi) is 10.8. The van der Waals surface area contributed by atoms with Crippen molar-refractivity contribution in [3.8, 4) is 0 Å². The van der Waals surface area contributed by atoms with Crippen molar-refractivity contribution in [2.45, 2.75) is 63.1 Å². The standard InChI is InChI=1S/C14H19N3O.C11H14BrN3O.C3H7BO2/c15-14(18)11-4-7-17(8-5-11)13-3-6-16-9-12(13)10-1-2-10;12-9-7-14-4-1-10(9)15-5-2-8(3-6-15)11(13)16;5-4(6)3-1-2-3/h3,6,9-11H,1-2,4-5,7-8H2,(H2,15,18);1,4,7-8H,2-3,5-6H2,(H2,13,16);3,5-6H,1-2H2. The lowest BCUT2D eigenvalue weighted by molar-refractivity contribution is -0.123. The molecule has 0 unspecified atom stereocenters. The number of anilines is 2. The molecule has 2 aliphatic heterocycles. The van der Waals surface area contributed by atoms with Gasteiger partial charge < -0.3 is 31.3 Å². The molecule has 4 aliphatic rings. The van der Waals surface area contributed by atoms with Crippen molar-refractivity contribution in [1.29, 1.82) is 0 Å². The van der Waals surface area contributed by atoms with E-state index in [2.05, 4.69) is 41.8 Å². The van der Waals surface area contributed by atoms with Crippen molar-refractivity contribution in [2.24, 2.45) is 23.3 Å². The lowest BCUT2D eigenvalue weighted by atomic mass is 9.84. The molecule has 10 nitrogen and oxygen atoms in total. The molecule has 2 saturated carbocycles. The zero-order valence-corrected chi connectivity index (χ0v) is 24.5. The van der Waals surface area contributed by atoms with Crippen molar-refractivity contribution in [2.75, 3.05) is 36.0 Å². The highest BCUT2D eigenvalue weighted by atomic mass is 79.9. The van der Waals surface area contributed by atoms with Crippen molar-refractivity contribution in [3.63, 3.8) is 0 Å². The summed E-state index contributed by atoms with van der Waals surface area (Å²) in [7, 11) is -1.04. The number of halogens is 1. The molecule has 0 spiro atoms. The SMILES string of the molecule is NC(=O)C1CCN(c2ccncc2Br)CC1.NC(=O)C1CCN(c2ccncc2C2CC2)CC1.OB(O)C1CC1. The lowest BCUT2D eigenvalue weighted by Crippen LogP contribution is -2.38. The normalized spacial score (nSPS) is 19.6. The van der Waals surface area contributed by atoms with Crippen LogP contribution in [0.3, 0.4) is 0 Å². The molecule has 6 rings (SSSR count). The third-order valence-corrected chi connectivity index (χ3v) is 8.73. The molecule has 0 radical (unpaired) electrons. The maximum absolute atomic E-state index is 11.2. The van der Waals surface area contributed by atoms with Gasteiger partial charge in [0.15, 0.2) is 0 Å². The molecule has 2 aromatic heterocycles. The summed E-state index contributed by atoms with van der Waals surface area (Å²) in [6.45, 7) is 3.60. The average molecular weight is 615 g/mol. The fraction of sp³-hybridized carbons (Fsp3) is 0.571. The van der Waals surface area contributed by atoms with Gasteiger partial charge in [0.05, 0.1) is 10.2 Å². The molecule has 2 amide bonds. The van der Waals surface area contributed by atoms with Gasteiger partial charge in [-0.25, -0.2) is 0 Å². The molecule has 40 heavy (non-hydrogen) atoms. The van der Waals surface area contributed by atoms with Gasteiger partial charge in [-0.05, 0) is 83.9 Å². The van der Waals surface area contributed by atoms with E-state index >= 15 is 0 Å². The largest absolute Gasteiger partial charge is 0.454 e. The van der Waals surface area contributed by atoms with Gasteiger partial charge in [-0.1, -0.05) is 12.8 Å².